The maximum atomic E-state index is 12.5. The Morgan fingerprint density at radius 1 is 0.838 bits per heavy atom. The average molecular weight is 525 g/mol. The third-order valence-electron chi connectivity index (χ3n) is 5.89. The van der Waals surface area contributed by atoms with Crippen molar-refractivity contribution in [3.63, 3.8) is 0 Å². The maximum Gasteiger partial charge on any atom is 0.248 e. The van der Waals surface area contributed by atoms with Gasteiger partial charge in [0.15, 0.2) is 5.58 Å². The number of aromatic nitrogens is 1. The van der Waals surface area contributed by atoms with E-state index in [1.54, 1.807) is 48.5 Å². The lowest BCUT2D eigenvalue weighted by atomic mass is 10.1. The number of oxazole rings is 1. The Morgan fingerprint density at radius 2 is 1.70 bits per heavy atom. The summed E-state index contributed by atoms with van der Waals surface area (Å²) in [7, 11) is 0. The Morgan fingerprint density at radius 3 is 2.59 bits per heavy atom. The molecule has 2 heterocycles. The molecule has 6 aromatic rings. The largest absolute Gasteiger partial charge is 0.457 e. The first-order chi connectivity index (χ1) is 18.0. The van der Waals surface area contributed by atoms with Crippen molar-refractivity contribution < 1.29 is 13.6 Å². The molecule has 1 amide bonds. The second-order valence-electron chi connectivity index (χ2n) is 8.39. The van der Waals surface area contributed by atoms with Gasteiger partial charge in [0.05, 0.1) is 10.0 Å². The third-order valence-corrected chi connectivity index (χ3v) is 6.71. The molecule has 0 radical (unpaired) electrons. The van der Waals surface area contributed by atoms with Gasteiger partial charge in [-0.2, -0.15) is 0 Å². The van der Waals surface area contributed by atoms with Crippen LogP contribution in [-0.4, -0.2) is 10.9 Å². The highest BCUT2D eigenvalue weighted by atomic mass is 35.5. The first-order valence-corrected chi connectivity index (χ1v) is 12.2. The van der Waals surface area contributed by atoms with E-state index in [4.69, 9.17) is 32.0 Å². The zero-order valence-electron chi connectivity index (χ0n) is 19.2. The molecule has 0 atom stereocenters. The molecule has 0 saturated heterocycles. The molecule has 0 spiro atoms. The molecule has 6 rings (SSSR count). The molecule has 0 aliphatic carbocycles. The Labute approximate surface area is 221 Å². The van der Waals surface area contributed by atoms with Gasteiger partial charge in [0.2, 0.25) is 11.8 Å². The van der Waals surface area contributed by atoms with Crippen LogP contribution in [-0.2, 0) is 4.79 Å². The van der Waals surface area contributed by atoms with Gasteiger partial charge in [0.25, 0.3) is 0 Å². The lowest BCUT2D eigenvalue weighted by Gasteiger charge is -2.02. The summed E-state index contributed by atoms with van der Waals surface area (Å²) >= 11 is 12.4. The molecule has 180 valence electrons. The molecule has 2 aromatic heterocycles. The highest BCUT2D eigenvalue weighted by molar-refractivity contribution is 6.43. The van der Waals surface area contributed by atoms with Gasteiger partial charge in [-0.05, 0) is 71.4 Å². The first-order valence-electron chi connectivity index (χ1n) is 11.5. The minimum Gasteiger partial charge on any atom is -0.457 e. The number of fused-ring (bicyclic) bond motifs is 2. The van der Waals surface area contributed by atoms with Gasteiger partial charge in [-0.3, -0.25) is 4.79 Å². The van der Waals surface area contributed by atoms with Crippen molar-refractivity contribution in [1.82, 2.24) is 4.98 Å². The number of amides is 1. The number of carbonyl (C=O) groups excluding carboxylic acids is 1. The quantitative estimate of drug-likeness (QED) is 0.228. The normalized spacial score (nSPS) is 11.5. The molecule has 0 fully saturated rings. The Bertz CT molecular complexity index is 1820. The standard InChI is InChI=1S/C30H18Cl2N2O3/c31-24-7-3-6-23(29(24)32)26-14-11-22(36-26)12-15-28(35)33-21-10-13-27-25(17-21)34-30(37-27)20-9-8-18-4-1-2-5-19(18)16-20/h1-17H,(H,33,35). The van der Waals surface area contributed by atoms with E-state index in [0.717, 1.165) is 16.3 Å². The van der Waals surface area contributed by atoms with E-state index >= 15 is 0 Å². The van der Waals surface area contributed by atoms with Crippen molar-refractivity contribution in [3.8, 4) is 22.8 Å². The van der Waals surface area contributed by atoms with Crippen LogP contribution in [0.25, 0.3) is 50.7 Å². The first kappa shape index (κ1) is 23.1. The zero-order chi connectivity index (χ0) is 25.4. The van der Waals surface area contributed by atoms with Gasteiger partial charge in [0.1, 0.15) is 17.0 Å². The molecule has 7 heteroatoms. The van der Waals surface area contributed by atoms with Gasteiger partial charge in [-0.25, -0.2) is 4.98 Å². The second kappa shape index (κ2) is 9.62. The minimum absolute atomic E-state index is 0.309. The average Bonchev–Trinajstić information content (AvgIpc) is 3.56. The fourth-order valence-corrected chi connectivity index (χ4v) is 4.47. The van der Waals surface area contributed by atoms with Gasteiger partial charge < -0.3 is 14.2 Å². The molecule has 37 heavy (non-hydrogen) atoms. The van der Waals surface area contributed by atoms with Crippen molar-refractivity contribution in [2.45, 2.75) is 0 Å². The monoisotopic (exact) mass is 524 g/mol. The van der Waals surface area contributed by atoms with Gasteiger partial charge >= 0.3 is 0 Å². The fourth-order valence-electron chi connectivity index (χ4n) is 4.07. The fraction of sp³-hybridized carbons (Fsp3) is 0. The maximum absolute atomic E-state index is 12.5. The number of hydrogen-bond acceptors (Lipinski definition) is 4. The third kappa shape index (κ3) is 4.75. The molecular weight excluding hydrogens is 507 g/mol. The number of carbonyl (C=O) groups is 1. The second-order valence-corrected chi connectivity index (χ2v) is 9.17. The van der Waals surface area contributed by atoms with Gasteiger partial charge in [-0.15, -0.1) is 0 Å². The summed E-state index contributed by atoms with van der Waals surface area (Å²) in [5.74, 6) is 1.29. The smallest absolute Gasteiger partial charge is 0.248 e. The van der Waals surface area contributed by atoms with Gasteiger partial charge in [0, 0.05) is 22.9 Å². The molecule has 0 unspecified atom stereocenters. The van der Waals surface area contributed by atoms with Crippen LogP contribution in [0, 0.1) is 0 Å². The number of nitrogens with one attached hydrogen (secondary N) is 1. The zero-order valence-corrected chi connectivity index (χ0v) is 20.8. The van der Waals surface area contributed by atoms with Crippen LogP contribution in [0.3, 0.4) is 0 Å². The topological polar surface area (TPSA) is 68.3 Å². The molecule has 1 N–H and O–H groups in total. The number of rotatable bonds is 5. The van der Waals surface area contributed by atoms with Crippen LogP contribution in [0.15, 0.2) is 106 Å². The highest BCUT2D eigenvalue weighted by Gasteiger charge is 2.12. The molecule has 0 bridgehead atoms. The van der Waals surface area contributed by atoms with E-state index < -0.39 is 0 Å². The number of benzene rings is 4. The Kier molecular flexibility index (Phi) is 6.01. The molecule has 5 nitrogen and oxygen atoms in total. The van der Waals surface area contributed by atoms with Crippen LogP contribution < -0.4 is 5.32 Å². The van der Waals surface area contributed by atoms with E-state index in [1.807, 2.05) is 36.4 Å². The van der Waals surface area contributed by atoms with E-state index in [1.165, 1.54) is 6.08 Å². The summed E-state index contributed by atoms with van der Waals surface area (Å²) in [6, 6.07) is 28.4. The summed E-state index contributed by atoms with van der Waals surface area (Å²) in [6.45, 7) is 0. The highest BCUT2D eigenvalue weighted by Crippen LogP contribution is 2.34. The van der Waals surface area contributed by atoms with Crippen molar-refractivity contribution >= 4 is 62.7 Å². The molecule has 0 saturated carbocycles. The summed E-state index contributed by atoms with van der Waals surface area (Å²) in [5.41, 5.74) is 3.47. The Hall–Kier alpha value is -4.32. The van der Waals surface area contributed by atoms with Crippen molar-refractivity contribution in [2.75, 3.05) is 5.32 Å². The molecule has 0 aliphatic heterocycles. The number of nitrogens with zero attached hydrogens (tertiary/aromatic N) is 1. The number of anilines is 1. The van der Waals surface area contributed by atoms with Crippen molar-refractivity contribution in [1.29, 1.82) is 0 Å². The molecule has 4 aromatic carbocycles. The SMILES string of the molecule is O=C(C=Cc1ccc(-c2cccc(Cl)c2Cl)o1)Nc1ccc2oc(-c3ccc4ccccc4c3)nc2c1. The molecular formula is C30H18Cl2N2O3. The summed E-state index contributed by atoms with van der Waals surface area (Å²) < 4.78 is 11.8. The predicted molar refractivity (Wildman–Crippen MR) is 149 cm³/mol. The molecule has 0 aliphatic rings. The van der Waals surface area contributed by atoms with Crippen molar-refractivity contribution in [2.24, 2.45) is 0 Å². The van der Waals surface area contributed by atoms with Crippen LogP contribution in [0.1, 0.15) is 5.76 Å². The van der Waals surface area contributed by atoms with Crippen LogP contribution in [0.5, 0.6) is 0 Å². The van der Waals surface area contributed by atoms with Crippen molar-refractivity contribution in [3.05, 3.63) is 113 Å². The van der Waals surface area contributed by atoms with Crippen LogP contribution in [0.2, 0.25) is 10.0 Å². The number of hydrogen-bond donors (Lipinski definition) is 1. The van der Waals surface area contributed by atoms with E-state index in [9.17, 15) is 4.79 Å². The van der Waals surface area contributed by atoms with Crippen LogP contribution in [0.4, 0.5) is 5.69 Å². The van der Waals surface area contributed by atoms with E-state index in [2.05, 4.69) is 22.4 Å². The number of furan rings is 1. The lowest BCUT2D eigenvalue weighted by molar-refractivity contribution is -0.111. The minimum atomic E-state index is -0.309. The Balaban J connectivity index is 1.17. The van der Waals surface area contributed by atoms with E-state index in [0.29, 0.717) is 49.8 Å². The van der Waals surface area contributed by atoms with E-state index in [-0.39, 0.29) is 5.91 Å². The summed E-state index contributed by atoms with van der Waals surface area (Å²) in [6.07, 6.45) is 2.99. The lowest BCUT2D eigenvalue weighted by Crippen LogP contribution is -2.07. The summed E-state index contributed by atoms with van der Waals surface area (Å²) in [5, 5.41) is 5.97. The predicted octanol–water partition coefficient (Wildman–Crippen LogP) is 8.87. The van der Waals surface area contributed by atoms with Gasteiger partial charge in [-0.1, -0.05) is 59.6 Å². The van der Waals surface area contributed by atoms with Crippen LogP contribution >= 0.6 is 23.2 Å². The summed E-state index contributed by atoms with van der Waals surface area (Å²) in [4.78, 5) is 17.2. The number of halogens is 2.